The first kappa shape index (κ1) is 71.4. The number of hydrogen-bond acceptors (Lipinski definition) is 13. The number of nitrogens with zero attached hydrogens (tertiary/aromatic N) is 4. The second-order valence-corrected chi connectivity index (χ2v) is 26.5. The van der Waals surface area contributed by atoms with Crippen LogP contribution in [0.15, 0.2) is 185 Å². The molecule has 6 aromatic rings. The third-order valence-corrected chi connectivity index (χ3v) is 18.7. The molecule has 0 amide bonds. The van der Waals surface area contributed by atoms with Crippen LogP contribution in [0.1, 0.15) is 134 Å². The largest absolute Gasteiger partial charge is 0.743 e. The Labute approximate surface area is 515 Å². The summed E-state index contributed by atoms with van der Waals surface area (Å²) in [5.41, 5.74) is 1.82. The van der Waals surface area contributed by atoms with Gasteiger partial charge in [-0.1, -0.05) is 125 Å². The molecular formula is C68H83F2N4O9S3+. The molecule has 460 valence electrons. The van der Waals surface area contributed by atoms with Crippen molar-refractivity contribution < 1.29 is 50.3 Å². The third kappa shape index (κ3) is 23.3. The van der Waals surface area contributed by atoms with Crippen LogP contribution in [0, 0.1) is 50.4 Å². The first-order valence-corrected chi connectivity index (χ1v) is 33.0. The Morgan fingerprint density at radius 1 is 0.523 bits per heavy atom. The van der Waals surface area contributed by atoms with E-state index in [4.69, 9.17) is 14.2 Å². The number of esters is 2. The quantitative estimate of drug-likeness (QED) is 0.0137. The number of carbonyl (C=O) groups is 2. The van der Waals surface area contributed by atoms with Crippen LogP contribution in [0.2, 0.25) is 0 Å². The lowest BCUT2D eigenvalue weighted by Crippen LogP contribution is -2.35. The van der Waals surface area contributed by atoms with Gasteiger partial charge in [0.25, 0.3) is 0 Å². The van der Waals surface area contributed by atoms with Gasteiger partial charge < -0.3 is 23.5 Å². The van der Waals surface area contributed by atoms with Gasteiger partial charge in [0.1, 0.15) is 11.5 Å². The number of alkyl halides is 2. The van der Waals surface area contributed by atoms with Crippen LogP contribution in [0.4, 0.5) is 8.78 Å². The highest BCUT2D eigenvalue weighted by atomic mass is 32.2. The van der Waals surface area contributed by atoms with E-state index in [0.717, 1.165) is 37.6 Å². The zero-order valence-electron chi connectivity index (χ0n) is 51.1. The molecule has 0 bridgehead atoms. The predicted molar refractivity (Wildman–Crippen MR) is 335 cm³/mol. The second-order valence-electron chi connectivity index (χ2n) is 21.0. The summed E-state index contributed by atoms with van der Waals surface area (Å²) >= 11 is 0. The number of aryl methyl sites for hydroxylation is 4. The van der Waals surface area contributed by atoms with Crippen molar-refractivity contribution in [3.05, 3.63) is 168 Å². The van der Waals surface area contributed by atoms with E-state index in [-0.39, 0.29) is 47.7 Å². The summed E-state index contributed by atoms with van der Waals surface area (Å²) in [6.45, 7) is 17.3. The molecule has 0 saturated heterocycles. The molecule has 0 heterocycles. The van der Waals surface area contributed by atoms with E-state index in [2.05, 4.69) is 202 Å². The minimum absolute atomic E-state index is 0.0475. The average Bonchev–Trinajstić information content (AvgIpc) is 1.48. The van der Waals surface area contributed by atoms with Crippen LogP contribution in [0.5, 0.6) is 11.5 Å². The van der Waals surface area contributed by atoms with E-state index in [1.54, 1.807) is 13.0 Å². The van der Waals surface area contributed by atoms with Gasteiger partial charge >= 0.3 is 17.2 Å². The Bertz CT molecular complexity index is 3000. The van der Waals surface area contributed by atoms with Crippen molar-refractivity contribution in [1.29, 1.82) is 10.5 Å². The van der Waals surface area contributed by atoms with E-state index >= 15 is 0 Å². The summed E-state index contributed by atoms with van der Waals surface area (Å²) in [6, 6.07) is 56.1. The van der Waals surface area contributed by atoms with E-state index < -0.39 is 51.4 Å². The summed E-state index contributed by atoms with van der Waals surface area (Å²) in [4.78, 5) is 31.1. The highest BCUT2D eigenvalue weighted by Crippen LogP contribution is 2.37. The van der Waals surface area contributed by atoms with E-state index in [9.17, 15) is 41.9 Å². The number of nitriles is 2. The molecule has 13 nitrogen and oxygen atoms in total. The zero-order chi connectivity index (χ0) is 63.2. The molecule has 0 aliphatic heterocycles. The van der Waals surface area contributed by atoms with Crippen molar-refractivity contribution in [1.82, 2.24) is 0 Å². The minimum atomic E-state index is -6.00. The molecule has 2 atom stereocenters. The Hall–Kier alpha value is -7.09. The fourth-order valence-corrected chi connectivity index (χ4v) is 13.4. The predicted octanol–water partition coefficient (Wildman–Crippen LogP) is 16.5. The molecule has 0 radical (unpaired) electrons. The summed E-state index contributed by atoms with van der Waals surface area (Å²) in [5, 5.41) is 21.3. The molecule has 0 aliphatic carbocycles. The highest BCUT2D eigenvalue weighted by Gasteiger charge is 2.40. The maximum absolute atomic E-state index is 13.0. The lowest BCUT2D eigenvalue weighted by molar-refractivity contribution is -0.150. The Kier molecular flexibility index (Phi) is 30.0. The van der Waals surface area contributed by atoms with Crippen molar-refractivity contribution in [2.24, 2.45) is 10.2 Å². The smallest absolute Gasteiger partial charge is 0.367 e. The van der Waals surface area contributed by atoms with Crippen molar-refractivity contribution in [3.63, 3.8) is 0 Å². The Morgan fingerprint density at radius 2 is 0.837 bits per heavy atom. The molecule has 6 rings (SSSR count). The van der Waals surface area contributed by atoms with Crippen LogP contribution in [-0.4, -0.2) is 67.7 Å². The van der Waals surface area contributed by atoms with Crippen LogP contribution >= 0.6 is 0 Å². The fraction of sp³-hybridized carbons (Fsp3) is 0.412. The lowest BCUT2D eigenvalue weighted by atomic mass is 9.97. The normalized spacial score (nSPS) is 12.7. The van der Waals surface area contributed by atoms with Crippen LogP contribution < -0.4 is 9.47 Å². The van der Waals surface area contributed by atoms with Crippen molar-refractivity contribution in [3.8, 4) is 23.6 Å². The van der Waals surface area contributed by atoms with Crippen molar-refractivity contribution >= 4 is 43.8 Å². The molecule has 0 spiro atoms. The van der Waals surface area contributed by atoms with Gasteiger partial charge in [-0.2, -0.15) is 29.5 Å². The van der Waals surface area contributed by atoms with Gasteiger partial charge in [-0.15, -0.1) is 0 Å². The summed E-state index contributed by atoms with van der Waals surface area (Å²) in [7, 11) is -6.22. The van der Waals surface area contributed by atoms with Gasteiger partial charge in [0, 0.05) is 37.1 Å². The molecule has 0 aromatic heterocycles. The molecule has 6 aromatic carbocycles. The molecule has 0 aliphatic rings. The van der Waals surface area contributed by atoms with Gasteiger partial charge in [0.05, 0.1) is 53.7 Å². The summed E-state index contributed by atoms with van der Waals surface area (Å²) in [6.07, 6.45) is 8.70. The van der Waals surface area contributed by atoms with Gasteiger partial charge in [0.15, 0.2) is 57.2 Å². The van der Waals surface area contributed by atoms with Crippen molar-refractivity contribution in [2.75, 3.05) is 26.4 Å². The average molecular weight is 1230 g/mol. The second kappa shape index (κ2) is 36.1. The molecule has 2 unspecified atom stereocenters. The monoisotopic (exact) mass is 1230 g/mol. The maximum Gasteiger partial charge on any atom is 0.367 e. The molecule has 0 saturated carbocycles. The number of carbonyl (C=O) groups excluding carboxylic acids is 2. The van der Waals surface area contributed by atoms with Gasteiger partial charge in [-0.25, -0.2) is 8.42 Å². The first-order chi connectivity index (χ1) is 41.0. The number of azo groups is 1. The Morgan fingerprint density at radius 3 is 1.12 bits per heavy atom. The van der Waals surface area contributed by atoms with E-state index in [1.807, 2.05) is 6.07 Å². The number of unbranched alkanes of at least 4 members (excludes halogenated alkanes) is 6. The summed E-state index contributed by atoms with van der Waals surface area (Å²) in [5.74, 6) is 0.284. The number of hydrogen-bond donors (Lipinski definition) is 0. The Balaban J connectivity index is 0.000000276. The number of ether oxygens (including phenoxy) is 4. The van der Waals surface area contributed by atoms with Gasteiger partial charge in [0.2, 0.25) is 0 Å². The number of halogens is 2. The lowest BCUT2D eigenvalue weighted by Gasteiger charge is -2.20. The molecule has 86 heavy (non-hydrogen) atoms. The SMILES string of the molecule is CCCCCCOc1c(C)cc([S+](c2ccccc2)c2ccccc2)cc1C.CCCCCCOc1c(C)cc([S+](c2ccccc2)c2ccccc2)cc1C.CCOC(=O)CCC(C)(C#N)N=NC(C)(C#N)CCC(=O)OCC(F)(F)S(=O)(=O)[O-]. The molecule has 18 heteroatoms. The van der Waals surface area contributed by atoms with Gasteiger partial charge in [-0.3, -0.25) is 9.59 Å². The van der Waals surface area contributed by atoms with E-state index in [1.165, 1.54) is 104 Å². The molecular weight excluding hydrogens is 1150 g/mol. The third-order valence-electron chi connectivity index (χ3n) is 13.4. The summed E-state index contributed by atoms with van der Waals surface area (Å²) < 4.78 is 78.1. The number of rotatable bonds is 30. The van der Waals surface area contributed by atoms with Crippen LogP contribution in [0.3, 0.4) is 0 Å². The fourth-order valence-electron chi connectivity index (χ4n) is 8.67. The zero-order valence-corrected chi connectivity index (χ0v) is 53.6. The first-order valence-electron chi connectivity index (χ1n) is 29.1. The van der Waals surface area contributed by atoms with Gasteiger partial charge in [-0.05, 0) is 145 Å². The number of benzene rings is 6. The minimum Gasteiger partial charge on any atom is -0.743 e. The highest BCUT2D eigenvalue weighted by molar-refractivity contribution is 7.97. The topological polar surface area (TPSA) is 201 Å². The van der Waals surface area contributed by atoms with Crippen molar-refractivity contribution in [2.45, 2.75) is 185 Å². The standard InChI is InChI=1S/2C26H31OS.C16H22F2N4O7S/c2*1-4-5-6-13-18-27-26-21(2)19-25(20-22(26)3)28(23-14-9-7-10-15-23)24-16-11-8-12-17-24;1-4-28-12(23)5-7-14(2,9-19)21-22-15(3,10-20)8-6-13(24)29-11-16(17,18)30(25,26)27/h2*7-12,14-17,19-20H,4-6,13,18H2,1-3H3;4-8,11H2,1-3H3,(H,25,26,27)/q2*+1;/p-1. The van der Waals surface area contributed by atoms with Crippen LogP contribution in [-0.2, 0) is 51.0 Å². The van der Waals surface area contributed by atoms with Crippen LogP contribution in [0.25, 0.3) is 0 Å². The maximum atomic E-state index is 13.0. The molecule has 0 N–H and O–H groups in total. The molecule has 0 fully saturated rings. The van der Waals surface area contributed by atoms with E-state index in [0.29, 0.717) is 0 Å².